The van der Waals surface area contributed by atoms with Gasteiger partial charge in [-0.25, -0.2) is 14.4 Å². The average Bonchev–Trinajstić information content (AvgIpc) is 2.88. The van der Waals surface area contributed by atoms with Gasteiger partial charge < -0.3 is 29.0 Å². The van der Waals surface area contributed by atoms with Crippen molar-refractivity contribution >= 4 is 23.6 Å². The van der Waals surface area contributed by atoms with Crippen molar-refractivity contribution in [3.8, 4) is 0 Å². The fourth-order valence-corrected chi connectivity index (χ4v) is 3.78. The summed E-state index contributed by atoms with van der Waals surface area (Å²) in [7, 11) is 0. The van der Waals surface area contributed by atoms with Gasteiger partial charge in [-0.15, -0.1) is 0 Å². The number of unbranched alkanes of at least 4 members (excludes halogenated alkanes) is 1. The minimum Gasteiger partial charge on any atom is -0.459 e. The number of carbonyl (C=O) groups excluding carboxylic acids is 3. The largest absolute Gasteiger partial charge is 0.459 e. The van der Waals surface area contributed by atoms with E-state index < -0.39 is 47.9 Å². The summed E-state index contributed by atoms with van der Waals surface area (Å²) in [6, 6.07) is 15.3. The van der Waals surface area contributed by atoms with Crippen LogP contribution in [0.1, 0.15) is 71.1 Å². The summed E-state index contributed by atoms with van der Waals surface area (Å²) in [5.74, 6) is -2.33. The van der Waals surface area contributed by atoms with Crippen LogP contribution in [-0.4, -0.2) is 61.1 Å². The van der Waals surface area contributed by atoms with Gasteiger partial charge in [0.1, 0.15) is 24.4 Å². The van der Waals surface area contributed by atoms with Crippen molar-refractivity contribution in [2.75, 3.05) is 25.1 Å². The molecule has 42 heavy (non-hydrogen) atoms. The van der Waals surface area contributed by atoms with Crippen molar-refractivity contribution < 1.29 is 38.1 Å². The molecule has 0 aliphatic heterocycles. The Hall–Kier alpha value is -3.43. The number of nitrogens with one attached hydrogen (secondary N) is 1. The maximum atomic E-state index is 13.3. The van der Waals surface area contributed by atoms with E-state index in [4.69, 9.17) is 23.7 Å². The van der Waals surface area contributed by atoms with Crippen LogP contribution in [0.5, 0.6) is 0 Å². The molecular weight excluding hydrogens is 538 g/mol. The Morgan fingerprint density at radius 2 is 1.40 bits per heavy atom. The number of rotatable bonds is 15. The maximum Gasteiger partial charge on any atom is 0.339 e. The molecule has 0 unspecified atom stereocenters. The minimum absolute atomic E-state index is 0.0213. The first kappa shape index (κ1) is 34.8. The van der Waals surface area contributed by atoms with Crippen molar-refractivity contribution in [1.29, 1.82) is 0 Å². The number of esters is 3. The highest BCUT2D eigenvalue weighted by Gasteiger charge is 2.40. The van der Waals surface area contributed by atoms with Gasteiger partial charge in [0.05, 0.1) is 0 Å². The molecule has 0 aliphatic rings. The van der Waals surface area contributed by atoms with E-state index in [-0.39, 0.29) is 13.2 Å². The van der Waals surface area contributed by atoms with Gasteiger partial charge >= 0.3 is 17.9 Å². The molecule has 0 spiro atoms. The van der Waals surface area contributed by atoms with Crippen LogP contribution in [0.15, 0.2) is 48.5 Å². The van der Waals surface area contributed by atoms with Crippen LogP contribution >= 0.6 is 0 Å². The molecular formula is C33H47NO8. The predicted octanol–water partition coefficient (Wildman–Crippen LogP) is 5.69. The normalized spacial score (nSPS) is 13.1. The lowest BCUT2D eigenvalue weighted by Gasteiger charge is -2.28. The third kappa shape index (κ3) is 13.5. The summed E-state index contributed by atoms with van der Waals surface area (Å²) >= 11 is 0. The molecule has 0 amide bonds. The molecule has 0 aromatic heterocycles. The van der Waals surface area contributed by atoms with Crippen LogP contribution in [0.25, 0.3) is 0 Å². The zero-order chi connectivity index (χ0) is 31.3. The van der Waals surface area contributed by atoms with Gasteiger partial charge in [-0.2, -0.15) is 0 Å². The number of aryl methyl sites for hydroxylation is 2. The zero-order valence-electron chi connectivity index (χ0n) is 26.3. The zero-order valence-corrected chi connectivity index (χ0v) is 26.3. The topological polar surface area (TPSA) is 109 Å². The van der Waals surface area contributed by atoms with Gasteiger partial charge in [0.25, 0.3) is 0 Å². The molecule has 9 heteroatoms. The molecule has 9 nitrogen and oxygen atoms in total. The summed E-state index contributed by atoms with van der Waals surface area (Å²) in [5.41, 5.74) is 2.61. The fourth-order valence-electron chi connectivity index (χ4n) is 3.78. The fraction of sp³-hybridized carbons (Fsp3) is 0.545. The Bertz CT molecular complexity index is 1150. The Kier molecular flexibility index (Phi) is 13.5. The molecule has 0 radical (unpaired) electrons. The van der Waals surface area contributed by atoms with Crippen molar-refractivity contribution in [2.24, 2.45) is 0 Å². The minimum atomic E-state index is -1.55. The molecule has 0 fully saturated rings. The second kappa shape index (κ2) is 16.3. The van der Waals surface area contributed by atoms with Crippen LogP contribution in [0.4, 0.5) is 5.69 Å². The first-order valence-corrected chi connectivity index (χ1v) is 14.3. The molecule has 0 saturated heterocycles. The highest BCUT2D eigenvalue weighted by atomic mass is 16.6. The van der Waals surface area contributed by atoms with Gasteiger partial charge in [-0.1, -0.05) is 36.4 Å². The van der Waals surface area contributed by atoms with Gasteiger partial charge in [-0.05, 0) is 97.1 Å². The Labute approximate surface area is 250 Å². The van der Waals surface area contributed by atoms with Crippen LogP contribution in [0.3, 0.4) is 0 Å². The third-order valence-electron chi connectivity index (χ3n) is 5.88. The van der Waals surface area contributed by atoms with E-state index in [1.54, 1.807) is 41.5 Å². The van der Waals surface area contributed by atoms with Crippen molar-refractivity contribution in [1.82, 2.24) is 0 Å². The van der Waals surface area contributed by atoms with E-state index in [2.05, 4.69) is 31.3 Å². The number of anilines is 1. The molecule has 2 aromatic rings. The smallest absolute Gasteiger partial charge is 0.339 e. The average molecular weight is 586 g/mol. The number of ether oxygens (including phenoxy) is 5. The van der Waals surface area contributed by atoms with Crippen LogP contribution in [0.2, 0.25) is 0 Å². The Balaban J connectivity index is 2.12. The first-order valence-electron chi connectivity index (χ1n) is 14.3. The number of carbonyl (C=O) groups is 3. The second-order valence-corrected chi connectivity index (χ2v) is 12.2. The van der Waals surface area contributed by atoms with Gasteiger partial charge in [-0.3, -0.25) is 0 Å². The van der Waals surface area contributed by atoms with E-state index in [9.17, 15) is 14.4 Å². The first-order chi connectivity index (χ1) is 19.6. The SMILES string of the molecule is Cc1ccc(NCCCCO[C@@H](C(=O)OCc2ccccc2)[C@@H](OCC(=O)OC(C)(C)C)C(=O)OC(C)(C)C)cc1C. The molecule has 0 heterocycles. The second-order valence-electron chi connectivity index (χ2n) is 12.2. The Morgan fingerprint density at radius 3 is 2.02 bits per heavy atom. The molecule has 0 bridgehead atoms. The quantitative estimate of drug-likeness (QED) is 0.160. The van der Waals surface area contributed by atoms with Crippen LogP contribution in [-0.2, 0) is 44.7 Å². The molecule has 232 valence electrons. The van der Waals surface area contributed by atoms with E-state index >= 15 is 0 Å². The maximum absolute atomic E-state index is 13.3. The molecule has 2 aromatic carbocycles. The van der Waals surface area contributed by atoms with E-state index in [1.165, 1.54) is 11.1 Å². The lowest BCUT2D eigenvalue weighted by molar-refractivity contribution is -0.194. The summed E-state index contributed by atoms with van der Waals surface area (Å²) in [5, 5.41) is 3.38. The molecule has 2 atom stereocenters. The molecule has 2 rings (SSSR count). The number of benzene rings is 2. The van der Waals surface area contributed by atoms with E-state index in [1.807, 2.05) is 36.4 Å². The van der Waals surface area contributed by atoms with Crippen molar-refractivity contribution in [2.45, 2.75) is 98.2 Å². The van der Waals surface area contributed by atoms with Crippen molar-refractivity contribution in [3.63, 3.8) is 0 Å². The van der Waals surface area contributed by atoms with Gasteiger partial charge in [0, 0.05) is 18.8 Å². The third-order valence-corrected chi connectivity index (χ3v) is 5.88. The predicted molar refractivity (Wildman–Crippen MR) is 161 cm³/mol. The van der Waals surface area contributed by atoms with Crippen molar-refractivity contribution in [3.05, 3.63) is 65.2 Å². The molecule has 1 N–H and O–H groups in total. The van der Waals surface area contributed by atoms with Crippen LogP contribution in [0, 0.1) is 13.8 Å². The molecule has 0 saturated carbocycles. The van der Waals surface area contributed by atoms with Gasteiger partial charge in [0.2, 0.25) is 0 Å². The number of hydrogen-bond donors (Lipinski definition) is 1. The summed E-state index contributed by atoms with van der Waals surface area (Å²) < 4.78 is 27.9. The summed E-state index contributed by atoms with van der Waals surface area (Å²) in [4.78, 5) is 38.9. The molecule has 0 aliphatic carbocycles. The summed E-state index contributed by atoms with van der Waals surface area (Å²) in [6.07, 6.45) is -1.67. The standard InChI is InChI=1S/C33H47NO8/c1-23-16-17-26(20-24(23)2)34-18-12-13-19-38-28(30(36)40-21-25-14-10-9-11-15-25)29(31(37)42-33(6,7)8)39-22-27(35)41-32(3,4)5/h9-11,14-17,20,28-29,34H,12-13,18-19,21-22H2,1-8H3/t28-,29-/m1/s1. The monoisotopic (exact) mass is 585 g/mol. The van der Waals surface area contributed by atoms with Gasteiger partial charge in [0.15, 0.2) is 12.2 Å². The Morgan fingerprint density at radius 1 is 0.762 bits per heavy atom. The summed E-state index contributed by atoms with van der Waals surface area (Å²) in [6.45, 7) is 14.6. The lowest BCUT2D eigenvalue weighted by Crippen LogP contribution is -2.48. The van der Waals surface area contributed by atoms with E-state index in [0.717, 1.165) is 17.7 Å². The van der Waals surface area contributed by atoms with E-state index in [0.29, 0.717) is 13.0 Å². The van der Waals surface area contributed by atoms with Crippen LogP contribution < -0.4 is 5.32 Å². The number of hydrogen-bond acceptors (Lipinski definition) is 9. The lowest BCUT2D eigenvalue weighted by atomic mass is 10.1. The highest BCUT2D eigenvalue weighted by molar-refractivity contribution is 5.86. The highest BCUT2D eigenvalue weighted by Crippen LogP contribution is 2.18.